The number of piperidine rings is 1. The first-order chi connectivity index (χ1) is 27.8. The number of alkyl halides is 6. The maximum absolute atomic E-state index is 13.6. The van der Waals surface area contributed by atoms with Crippen molar-refractivity contribution in [2.45, 2.75) is 63.3 Å². The molecule has 5 heterocycles. The van der Waals surface area contributed by atoms with Crippen LogP contribution in [-0.2, 0) is 15.8 Å². The predicted octanol–water partition coefficient (Wildman–Crippen LogP) is 6.78. The molecule has 7 rings (SSSR count). The number of piperazine rings is 1. The van der Waals surface area contributed by atoms with E-state index in [-0.39, 0.29) is 23.4 Å². The van der Waals surface area contributed by atoms with Crippen LogP contribution in [0.3, 0.4) is 0 Å². The molecule has 0 spiro atoms. The number of ether oxygens (including phenoxy) is 1. The number of fused-ring (bicyclic) bond motifs is 1. The highest BCUT2D eigenvalue weighted by Gasteiger charge is 2.38. The Morgan fingerprint density at radius 1 is 0.915 bits per heavy atom. The molecule has 2 aliphatic heterocycles. The Balaban J connectivity index is 0.000000768. The van der Waals surface area contributed by atoms with E-state index in [1.54, 1.807) is 38.0 Å². The number of hydrogen-bond acceptors (Lipinski definition) is 13. The summed E-state index contributed by atoms with van der Waals surface area (Å²) in [7, 11) is -0.696. The van der Waals surface area contributed by atoms with Gasteiger partial charge in [-0.15, -0.1) is 0 Å². The Labute approximate surface area is 337 Å². The van der Waals surface area contributed by atoms with E-state index in [9.17, 15) is 30.9 Å². The lowest BCUT2D eigenvalue weighted by molar-refractivity contribution is -0.192. The molecule has 3 aromatic heterocycles. The average molecular weight is 853 g/mol. The zero-order valence-corrected chi connectivity index (χ0v) is 34.0. The Morgan fingerprint density at radius 3 is 2.17 bits per heavy atom. The molecule has 21 heteroatoms. The largest absolute Gasteiger partial charge is 0.490 e. The molecule has 3 N–H and O–H groups in total. The SMILES string of the molecule is CCc1cc(Nc2ncc(C3CC3)c(Nc3ccc4nccnc4c3P(C)(C)=O)n2)c(OCC(F)(F)F)nc1N1CCC(N2CCN(C)CC2)CC1.O=C(O)C(F)(F)F. The van der Waals surface area contributed by atoms with Crippen molar-refractivity contribution in [1.29, 1.82) is 0 Å². The number of likely N-dealkylation sites (N-methyl/N-ethyl adjacent to an activating group) is 1. The topological polar surface area (TPSA) is 162 Å². The van der Waals surface area contributed by atoms with E-state index in [0.717, 1.165) is 76.1 Å². The molecule has 0 unspecified atom stereocenters. The zero-order chi connectivity index (χ0) is 42.7. The number of rotatable bonds is 11. The second kappa shape index (κ2) is 17.8. The maximum atomic E-state index is 13.6. The Morgan fingerprint density at radius 2 is 1.58 bits per heavy atom. The molecule has 2 saturated heterocycles. The van der Waals surface area contributed by atoms with Crippen LogP contribution in [0.2, 0.25) is 0 Å². The summed E-state index contributed by atoms with van der Waals surface area (Å²) in [4.78, 5) is 39.0. The van der Waals surface area contributed by atoms with E-state index in [4.69, 9.17) is 24.6 Å². The summed E-state index contributed by atoms with van der Waals surface area (Å²) in [6, 6.07) is 5.93. The number of nitrogens with one attached hydrogen (secondary N) is 2. The minimum absolute atomic E-state index is 0.159. The van der Waals surface area contributed by atoms with Crippen LogP contribution in [0.25, 0.3) is 11.0 Å². The number of carbonyl (C=O) groups is 1. The molecular formula is C38H47F6N10O4P. The number of anilines is 5. The maximum Gasteiger partial charge on any atom is 0.490 e. The van der Waals surface area contributed by atoms with Gasteiger partial charge in [0.2, 0.25) is 11.8 Å². The highest BCUT2D eigenvalue weighted by Crippen LogP contribution is 2.45. The van der Waals surface area contributed by atoms with E-state index in [2.05, 4.69) is 47.3 Å². The summed E-state index contributed by atoms with van der Waals surface area (Å²) in [5.41, 5.74) is 3.81. The number of halogens is 6. The molecule has 1 saturated carbocycles. The summed E-state index contributed by atoms with van der Waals surface area (Å²) in [5, 5.41) is 14.2. The van der Waals surface area contributed by atoms with Crippen LogP contribution in [0.4, 0.5) is 55.3 Å². The van der Waals surface area contributed by atoms with Gasteiger partial charge in [-0.3, -0.25) is 14.9 Å². The monoisotopic (exact) mass is 852 g/mol. The van der Waals surface area contributed by atoms with Crippen molar-refractivity contribution in [2.75, 3.05) is 81.8 Å². The standard InChI is InChI=1S/C36H46F3N10O2P.C2HF3O2/c1-5-23-20-29(34(51-22-36(37,38)39)46-33(23)49-14-10-25(11-15-49)48-18-16-47(2)17-19-48)44-35-42-21-26(24-6-7-24)32(45-35)43-28-9-8-27-30(41-13-12-40-27)31(28)52(3,4)50;3-2(4,5)1(6)7/h8-9,12-13,20-21,24-25H,5-7,10-11,14-19,22H2,1-4H3,(H2,42,43,44,45);(H,6,7). The van der Waals surface area contributed by atoms with Crippen LogP contribution in [0.15, 0.2) is 36.8 Å². The molecular weight excluding hydrogens is 805 g/mol. The molecule has 59 heavy (non-hydrogen) atoms. The number of aryl methyl sites for hydroxylation is 1. The van der Waals surface area contributed by atoms with E-state index in [1.807, 2.05) is 19.1 Å². The van der Waals surface area contributed by atoms with Crippen molar-refractivity contribution in [2.24, 2.45) is 0 Å². The van der Waals surface area contributed by atoms with Crippen LogP contribution >= 0.6 is 7.14 Å². The van der Waals surface area contributed by atoms with Crippen molar-refractivity contribution in [3.8, 4) is 5.88 Å². The third kappa shape index (κ3) is 11.3. The third-order valence-electron chi connectivity index (χ3n) is 10.3. The van der Waals surface area contributed by atoms with Crippen LogP contribution in [-0.4, -0.2) is 130 Å². The van der Waals surface area contributed by atoms with Gasteiger partial charge in [0.05, 0.1) is 16.5 Å². The van der Waals surface area contributed by atoms with Crippen molar-refractivity contribution < 1.29 is 45.5 Å². The van der Waals surface area contributed by atoms with E-state index in [1.165, 1.54) is 0 Å². The van der Waals surface area contributed by atoms with Crippen LogP contribution < -0.4 is 25.6 Å². The summed E-state index contributed by atoms with van der Waals surface area (Å²) < 4.78 is 91.2. The number of carboxylic acids is 1. The molecule has 1 aliphatic carbocycles. The lowest BCUT2D eigenvalue weighted by Gasteiger charge is -2.42. The second-order valence-corrected chi connectivity index (χ2v) is 18.3. The molecule has 14 nitrogen and oxygen atoms in total. The highest BCUT2D eigenvalue weighted by atomic mass is 31.2. The molecule has 0 bridgehead atoms. The van der Waals surface area contributed by atoms with Crippen molar-refractivity contribution in [3.05, 3.63) is 47.9 Å². The van der Waals surface area contributed by atoms with Gasteiger partial charge in [0.1, 0.15) is 30.0 Å². The van der Waals surface area contributed by atoms with Crippen molar-refractivity contribution in [1.82, 2.24) is 34.7 Å². The number of benzene rings is 1. The molecule has 0 radical (unpaired) electrons. The quantitative estimate of drug-likeness (QED) is 0.107. The summed E-state index contributed by atoms with van der Waals surface area (Å²) >= 11 is 0. The minimum Gasteiger partial charge on any atom is -0.475 e. The Kier molecular flexibility index (Phi) is 13.2. The molecule has 4 aromatic rings. The average Bonchev–Trinajstić information content (AvgIpc) is 4.02. The van der Waals surface area contributed by atoms with Crippen LogP contribution in [0, 0.1) is 0 Å². The fraction of sp³-hybridized carbons (Fsp3) is 0.526. The fourth-order valence-electron chi connectivity index (χ4n) is 7.20. The normalized spacial score (nSPS) is 17.4. The molecule has 1 aromatic carbocycles. The fourth-order valence-corrected chi connectivity index (χ4v) is 8.60. The first-order valence-electron chi connectivity index (χ1n) is 19.2. The van der Waals surface area contributed by atoms with Gasteiger partial charge in [-0.05, 0) is 82.2 Å². The Bertz CT molecular complexity index is 2170. The molecule has 3 fully saturated rings. The van der Waals surface area contributed by atoms with Crippen molar-refractivity contribution in [3.63, 3.8) is 0 Å². The zero-order valence-electron chi connectivity index (χ0n) is 33.1. The summed E-state index contributed by atoms with van der Waals surface area (Å²) in [6.45, 7) is 9.63. The van der Waals surface area contributed by atoms with E-state index < -0.39 is 32.1 Å². The number of pyridine rings is 1. The molecule has 0 amide bonds. The smallest absolute Gasteiger partial charge is 0.475 e. The number of aliphatic carboxylic acids is 1. The van der Waals surface area contributed by atoms with Gasteiger partial charge in [-0.1, -0.05) is 6.92 Å². The summed E-state index contributed by atoms with van der Waals surface area (Å²) in [5.74, 6) is -1.35. The molecule has 3 aliphatic rings. The lowest BCUT2D eigenvalue weighted by Crippen LogP contribution is -2.52. The van der Waals surface area contributed by atoms with Gasteiger partial charge in [0, 0.05) is 69.5 Å². The van der Waals surface area contributed by atoms with Gasteiger partial charge in [-0.2, -0.15) is 36.3 Å². The minimum atomic E-state index is -5.08. The van der Waals surface area contributed by atoms with Gasteiger partial charge < -0.3 is 34.8 Å². The Hall–Kier alpha value is -4.81. The van der Waals surface area contributed by atoms with Crippen LogP contribution in [0.5, 0.6) is 5.88 Å². The number of nitrogens with zero attached hydrogens (tertiary/aromatic N) is 8. The molecule has 0 atom stereocenters. The highest BCUT2D eigenvalue weighted by molar-refractivity contribution is 7.71. The third-order valence-corrected chi connectivity index (χ3v) is 11.9. The lowest BCUT2D eigenvalue weighted by atomic mass is 10.0. The predicted molar refractivity (Wildman–Crippen MR) is 212 cm³/mol. The van der Waals surface area contributed by atoms with Crippen molar-refractivity contribution >= 4 is 58.4 Å². The van der Waals surface area contributed by atoms with Gasteiger partial charge >= 0.3 is 18.3 Å². The van der Waals surface area contributed by atoms with E-state index >= 15 is 0 Å². The van der Waals surface area contributed by atoms with Gasteiger partial charge in [-0.25, -0.2) is 9.78 Å². The number of hydrogen-bond donors (Lipinski definition) is 3. The van der Waals surface area contributed by atoms with Gasteiger partial charge in [0.25, 0.3) is 0 Å². The van der Waals surface area contributed by atoms with Gasteiger partial charge in [0.15, 0.2) is 6.61 Å². The number of carboxylic acid groups (broad SMARTS) is 1. The first kappa shape index (κ1) is 43.8. The second-order valence-electron chi connectivity index (χ2n) is 15.2. The summed E-state index contributed by atoms with van der Waals surface area (Å²) in [6.07, 6.45) is -0.236. The number of aromatic nitrogens is 5. The first-order valence-corrected chi connectivity index (χ1v) is 21.8. The van der Waals surface area contributed by atoms with Crippen LogP contribution in [0.1, 0.15) is 49.7 Å². The molecule has 320 valence electrons. The van der Waals surface area contributed by atoms with E-state index in [0.29, 0.717) is 46.1 Å².